The van der Waals surface area contributed by atoms with E-state index in [0.717, 1.165) is 30.0 Å². The van der Waals surface area contributed by atoms with Gasteiger partial charge in [-0.1, -0.05) is 0 Å². The first kappa shape index (κ1) is 11.3. The third-order valence-corrected chi connectivity index (χ3v) is 7.99. The van der Waals surface area contributed by atoms with Crippen molar-refractivity contribution < 1.29 is 8.42 Å². The quantitative estimate of drug-likeness (QED) is 0.723. The minimum absolute atomic E-state index is 0.675. The van der Waals surface area contributed by atoms with Gasteiger partial charge in [-0.2, -0.15) is 0 Å². The summed E-state index contributed by atoms with van der Waals surface area (Å²) in [6.07, 6.45) is 4.41. The Balaban J connectivity index is 2.26. The predicted molar refractivity (Wildman–Crippen MR) is 69.5 cm³/mol. The van der Waals surface area contributed by atoms with Gasteiger partial charge in [0.2, 0.25) is 0 Å². The Morgan fingerprint density at radius 3 is 3.00 bits per heavy atom. The molecule has 6 heteroatoms. The molecule has 1 saturated heterocycles. The molecule has 2 aliphatic rings. The number of hydrogen-bond donors (Lipinski definition) is 0. The van der Waals surface area contributed by atoms with Crippen molar-refractivity contribution in [3.8, 4) is 0 Å². The Morgan fingerprint density at radius 1 is 1.47 bits per heavy atom. The molecular weight excluding hydrogens is 256 g/mol. The molecule has 0 aliphatic carbocycles. The van der Waals surface area contributed by atoms with Gasteiger partial charge in [0.1, 0.15) is 0 Å². The lowest BCUT2D eigenvalue weighted by molar-refractivity contribution is 0.552. The summed E-state index contributed by atoms with van der Waals surface area (Å²) in [6.45, 7) is 0. The van der Waals surface area contributed by atoms with E-state index in [-0.39, 0.29) is 0 Å². The lowest BCUT2D eigenvalue weighted by atomic mass is 10.1. The third kappa shape index (κ3) is 1.31. The highest BCUT2D eigenvalue weighted by Gasteiger charge is 2.57. The van der Waals surface area contributed by atoms with Crippen molar-refractivity contribution >= 4 is 27.5 Å². The van der Waals surface area contributed by atoms with Crippen LogP contribution in [0.2, 0.25) is 0 Å². The van der Waals surface area contributed by atoms with Gasteiger partial charge in [0.05, 0.1) is 11.4 Å². The molecule has 0 amide bonds. The second-order valence-electron chi connectivity index (χ2n) is 4.40. The largest absolute Gasteiger partial charge is 0.270 e. The minimum atomic E-state index is -3.31. The number of aromatic nitrogens is 1. The molecule has 1 aromatic heterocycles. The zero-order valence-electron chi connectivity index (χ0n) is 9.59. The molecule has 0 radical (unpaired) electrons. The molecule has 0 saturated carbocycles. The molecule has 17 heavy (non-hydrogen) atoms. The molecule has 4 nitrogen and oxygen atoms in total. The van der Waals surface area contributed by atoms with Crippen LogP contribution >= 0.6 is 11.8 Å². The number of thioether (sulfide) groups is 1. The van der Waals surface area contributed by atoms with Crippen LogP contribution in [0.1, 0.15) is 25.0 Å². The molecule has 1 atom stereocenters. The van der Waals surface area contributed by atoms with Crippen LogP contribution in [0.5, 0.6) is 0 Å². The van der Waals surface area contributed by atoms with Gasteiger partial charge in [-0.15, -0.1) is 11.8 Å². The predicted octanol–water partition coefficient (Wildman–Crippen LogP) is 1.93. The molecule has 1 spiro atoms. The van der Waals surface area contributed by atoms with Crippen molar-refractivity contribution in [1.82, 2.24) is 4.98 Å². The van der Waals surface area contributed by atoms with Crippen molar-refractivity contribution in [2.75, 3.05) is 17.1 Å². The van der Waals surface area contributed by atoms with E-state index in [9.17, 15) is 8.42 Å². The summed E-state index contributed by atoms with van der Waals surface area (Å²) >= 11 is 1.53. The number of pyridine rings is 1. The summed E-state index contributed by atoms with van der Waals surface area (Å²) in [5.41, 5.74) is 1.47. The summed E-state index contributed by atoms with van der Waals surface area (Å²) in [6, 6.07) is 3.63. The number of fused-ring (bicyclic) bond motifs is 2. The van der Waals surface area contributed by atoms with E-state index in [1.807, 2.05) is 6.07 Å². The van der Waals surface area contributed by atoms with Gasteiger partial charge in [0.25, 0.3) is 10.0 Å². The monoisotopic (exact) mass is 270 g/mol. The second kappa shape index (κ2) is 3.62. The van der Waals surface area contributed by atoms with E-state index in [1.54, 1.807) is 19.3 Å². The molecule has 1 fully saturated rings. The highest BCUT2D eigenvalue weighted by Crippen LogP contribution is 2.56. The Bertz CT molecular complexity index is 550. The Labute approximate surface area is 105 Å². The number of hydrogen-bond acceptors (Lipinski definition) is 4. The fourth-order valence-corrected chi connectivity index (χ4v) is 6.67. The first-order chi connectivity index (χ1) is 8.09. The molecule has 0 N–H and O–H groups in total. The fourth-order valence-electron chi connectivity index (χ4n) is 2.58. The zero-order valence-corrected chi connectivity index (χ0v) is 11.2. The summed E-state index contributed by atoms with van der Waals surface area (Å²) in [5, 5.41) is 0. The van der Waals surface area contributed by atoms with E-state index in [2.05, 4.69) is 4.98 Å². The molecular formula is C11H14N2O2S2. The third-order valence-electron chi connectivity index (χ3n) is 3.50. The van der Waals surface area contributed by atoms with Gasteiger partial charge >= 0.3 is 0 Å². The maximum absolute atomic E-state index is 12.6. The summed E-state index contributed by atoms with van der Waals surface area (Å²) < 4.78 is 25.8. The van der Waals surface area contributed by atoms with Gasteiger partial charge in [-0.25, -0.2) is 8.42 Å². The van der Waals surface area contributed by atoms with Crippen LogP contribution in [0.15, 0.2) is 18.3 Å². The van der Waals surface area contributed by atoms with E-state index in [1.165, 1.54) is 16.1 Å². The maximum Gasteiger partial charge on any atom is 0.256 e. The lowest BCUT2D eigenvalue weighted by Gasteiger charge is -2.31. The van der Waals surface area contributed by atoms with Crippen LogP contribution in [-0.4, -0.2) is 26.2 Å². The first-order valence-electron chi connectivity index (χ1n) is 5.67. The Kier molecular flexibility index (Phi) is 2.42. The highest BCUT2D eigenvalue weighted by molar-refractivity contribution is 8.14. The summed E-state index contributed by atoms with van der Waals surface area (Å²) in [4.78, 5) is 4.34. The molecule has 2 aliphatic heterocycles. The van der Waals surface area contributed by atoms with Crippen LogP contribution in [0.4, 0.5) is 5.69 Å². The van der Waals surface area contributed by atoms with E-state index in [4.69, 9.17) is 0 Å². The SMILES string of the molecule is CN1c2cccnc2C2(CCCCS2)S1(=O)=O. The topological polar surface area (TPSA) is 50.3 Å². The van der Waals surface area contributed by atoms with Crippen LogP contribution in [0.25, 0.3) is 0 Å². The van der Waals surface area contributed by atoms with Crippen LogP contribution in [0.3, 0.4) is 0 Å². The van der Waals surface area contributed by atoms with Gasteiger partial charge < -0.3 is 0 Å². The van der Waals surface area contributed by atoms with Gasteiger partial charge in [-0.05, 0) is 37.1 Å². The number of nitrogens with zero attached hydrogens (tertiary/aromatic N) is 2. The molecule has 1 unspecified atom stereocenters. The smallest absolute Gasteiger partial charge is 0.256 e. The highest BCUT2D eigenvalue weighted by atomic mass is 32.3. The Hall–Kier alpha value is -0.750. The van der Waals surface area contributed by atoms with Crippen LogP contribution < -0.4 is 4.31 Å². The van der Waals surface area contributed by atoms with E-state index in [0.29, 0.717) is 6.42 Å². The zero-order chi connectivity index (χ0) is 12.1. The van der Waals surface area contributed by atoms with Crippen LogP contribution in [0, 0.1) is 0 Å². The van der Waals surface area contributed by atoms with Crippen molar-refractivity contribution in [3.05, 3.63) is 24.0 Å². The maximum atomic E-state index is 12.6. The van der Waals surface area contributed by atoms with Gasteiger partial charge in [0, 0.05) is 13.2 Å². The molecule has 0 bridgehead atoms. The molecule has 1 aromatic rings. The molecule has 92 valence electrons. The van der Waals surface area contributed by atoms with E-state index < -0.39 is 14.1 Å². The van der Waals surface area contributed by atoms with Crippen molar-refractivity contribution in [2.24, 2.45) is 0 Å². The fraction of sp³-hybridized carbons (Fsp3) is 0.545. The van der Waals surface area contributed by atoms with Gasteiger partial charge in [-0.3, -0.25) is 9.29 Å². The first-order valence-corrected chi connectivity index (χ1v) is 8.10. The molecule has 3 rings (SSSR count). The van der Waals surface area contributed by atoms with Crippen LogP contribution in [-0.2, 0) is 14.1 Å². The lowest BCUT2D eigenvalue weighted by Crippen LogP contribution is -2.37. The molecule has 0 aromatic carbocycles. The number of sulfonamides is 1. The molecule has 3 heterocycles. The van der Waals surface area contributed by atoms with Crippen molar-refractivity contribution in [3.63, 3.8) is 0 Å². The second-order valence-corrected chi connectivity index (χ2v) is 8.25. The minimum Gasteiger partial charge on any atom is -0.270 e. The number of rotatable bonds is 0. The summed E-state index contributed by atoms with van der Waals surface area (Å²) in [7, 11) is -1.69. The van der Waals surface area contributed by atoms with Crippen molar-refractivity contribution in [1.29, 1.82) is 0 Å². The standard InChI is InChI=1S/C11H14N2O2S2/c1-13-9-5-4-7-12-10(9)11(17(13,14)15)6-2-3-8-16-11/h4-5,7H,2-3,6,8H2,1H3. The Morgan fingerprint density at radius 2 is 2.29 bits per heavy atom. The summed E-state index contributed by atoms with van der Waals surface area (Å²) in [5.74, 6) is 0.892. The number of anilines is 1. The van der Waals surface area contributed by atoms with Crippen molar-refractivity contribution in [2.45, 2.75) is 23.3 Å². The average Bonchev–Trinajstić information content (AvgIpc) is 2.52. The van der Waals surface area contributed by atoms with Gasteiger partial charge in [0.15, 0.2) is 4.08 Å². The normalized spacial score (nSPS) is 30.5. The van der Waals surface area contributed by atoms with E-state index >= 15 is 0 Å². The average molecular weight is 270 g/mol.